The Morgan fingerprint density at radius 1 is 1.44 bits per heavy atom. The molecule has 1 aromatic carbocycles. The molecule has 1 aromatic rings. The molecule has 0 fully saturated rings. The van der Waals surface area contributed by atoms with Crippen LogP contribution < -0.4 is 5.32 Å². The standard InChI is InChI=1S/C13H17FNO2.Y/c1-9(2)13(17)15-11(8-14)12(16)10-6-4-3-5-7-10;/h4-7,9,11-12,16H,8H2,1-2H3,(H,15,17);/q-1;/t11-,12-;/m1./s1. The number of benzene rings is 1. The van der Waals surface area contributed by atoms with Crippen molar-refractivity contribution >= 4 is 5.91 Å². The minimum Gasteiger partial charge on any atom is -0.388 e. The van der Waals surface area contributed by atoms with E-state index in [4.69, 9.17) is 0 Å². The first-order valence-electron chi connectivity index (χ1n) is 5.56. The largest absolute Gasteiger partial charge is 0.388 e. The first-order valence-corrected chi connectivity index (χ1v) is 5.56. The fourth-order valence-electron chi connectivity index (χ4n) is 1.38. The number of nitrogens with one attached hydrogen (secondary N) is 1. The van der Waals surface area contributed by atoms with E-state index in [1.807, 2.05) is 0 Å². The Kier molecular flexibility index (Phi) is 8.58. The number of carbonyl (C=O) groups excluding carboxylic acids is 1. The van der Waals surface area contributed by atoms with Crippen LogP contribution in [0.1, 0.15) is 25.5 Å². The molecule has 5 heteroatoms. The third-order valence-corrected chi connectivity index (χ3v) is 2.48. The molecule has 0 aliphatic rings. The van der Waals surface area contributed by atoms with Crippen molar-refractivity contribution in [2.24, 2.45) is 5.92 Å². The van der Waals surface area contributed by atoms with Gasteiger partial charge in [0, 0.05) is 38.6 Å². The molecule has 2 atom stereocenters. The van der Waals surface area contributed by atoms with Crippen molar-refractivity contribution in [2.45, 2.75) is 26.0 Å². The summed E-state index contributed by atoms with van der Waals surface area (Å²) in [6.45, 7) is 2.63. The summed E-state index contributed by atoms with van der Waals surface area (Å²) in [5, 5.41) is 12.4. The summed E-state index contributed by atoms with van der Waals surface area (Å²) >= 11 is 0. The summed E-state index contributed by atoms with van der Waals surface area (Å²) in [5.41, 5.74) is 0.565. The topological polar surface area (TPSA) is 49.3 Å². The van der Waals surface area contributed by atoms with Crippen molar-refractivity contribution in [1.82, 2.24) is 5.32 Å². The normalized spacial score (nSPS) is 13.6. The van der Waals surface area contributed by atoms with E-state index in [-0.39, 0.29) is 44.5 Å². The smallest absolute Gasteiger partial charge is 0.222 e. The van der Waals surface area contributed by atoms with Crippen molar-refractivity contribution in [3.05, 3.63) is 35.9 Å². The second-order valence-corrected chi connectivity index (χ2v) is 4.20. The maximum absolute atomic E-state index is 12.8. The quantitative estimate of drug-likeness (QED) is 0.808. The molecule has 0 aliphatic carbocycles. The zero-order valence-corrected chi connectivity index (χ0v) is 13.4. The van der Waals surface area contributed by atoms with Crippen molar-refractivity contribution in [1.29, 1.82) is 0 Å². The second-order valence-electron chi connectivity index (χ2n) is 4.20. The molecule has 0 saturated carbocycles. The first kappa shape index (κ1) is 17.7. The van der Waals surface area contributed by atoms with Crippen molar-refractivity contribution < 1.29 is 47.0 Å². The van der Waals surface area contributed by atoms with Crippen LogP contribution >= 0.6 is 0 Å². The van der Waals surface area contributed by atoms with Crippen LogP contribution in [-0.4, -0.2) is 23.7 Å². The Labute approximate surface area is 132 Å². The van der Waals surface area contributed by atoms with Gasteiger partial charge in [-0.2, -0.15) is 30.3 Å². The van der Waals surface area contributed by atoms with Crippen LogP contribution in [0.15, 0.2) is 24.3 Å². The Morgan fingerprint density at radius 3 is 2.44 bits per heavy atom. The van der Waals surface area contributed by atoms with Crippen LogP contribution in [0.25, 0.3) is 0 Å². The fraction of sp³-hybridized carbons (Fsp3) is 0.462. The van der Waals surface area contributed by atoms with Gasteiger partial charge in [0.25, 0.3) is 0 Å². The van der Waals surface area contributed by atoms with Crippen molar-refractivity contribution in [3.8, 4) is 0 Å². The molecule has 0 heterocycles. The number of amides is 1. The summed E-state index contributed by atoms with van der Waals surface area (Å²) in [5.74, 6) is -0.505. The Balaban J connectivity index is 0.00000289. The van der Waals surface area contributed by atoms with Crippen LogP contribution in [0.5, 0.6) is 0 Å². The number of aliphatic hydroxyl groups is 1. The van der Waals surface area contributed by atoms with E-state index in [2.05, 4.69) is 11.4 Å². The van der Waals surface area contributed by atoms with Gasteiger partial charge in [-0.15, -0.1) is 5.56 Å². The summed E-state index contributed by atoms with van der Waals surface area (Å²) < 4.78 is 12.8. The predicted octanol–water partition coefficient (Wildman–Crippen LogP) is 1.63. The fourth-order valence-corrected chi connectivity index (χ4v) is 1.38. The number of hydrogen-bond acceptors (Lipinski definition) is 2. The van der Waals surface area contributed by atoms with Crippen molar-refractivity contribution in [2.75, 3.05) is 6.67 Å². The average molecular weight is 327 g/mol. The van der Waals surface area contributed by atoms with Crippen LogP contribution in [0.3, 0.4) is 0 Å². The van der Waals surface area contributed by atoms with Gasteiger partial charge in [0.15, 0.2) is 0 Å². The van der Waals surface area contributed by atoms with Crippen LogP contribution in [0.4, 0.5) is 4.39 Å². The number of alkyl halides is 1. The molecule has 97 valence electrons. The van der Waals surface area contributed by atoms with Gasteiger partial charge in [-0.3, -0.25) is 4.79 Å². The number of halogens is 1. The summed E-state index contributed by atoms with van der Waals surface area (Å²) in [6.07, 6.45) is -1.04. The molecule has 1 amide bonds. The van der Waals surface area contributed by atoms with Crippen molar-refractivity contribution in [3.63, 3.8) is 0 Å². The van der Waals surface area contributed by atoms with E-state index in [9.17, 15) is 14.3 Å². The van der Waals surface area contributed by atoms with Gasteiger partial charge >= 0.3 is 0 Å². The van der Waals surface area contributed by atoms with Gasteiger partial charge in [0.05, 0.1) is 12.1 Å². The molecule has 1 radical (unpaired) electrons. The molecule has 1 rings (SSSR count). The third-order valence-electron chi connectivity index (χ3n) is 2.48. The molecule has 0 aliphatic heterocycles. The SMILES string of the molecule is CC(C)C(=O)N[C@H](CF)[C@H](O)c1cc[c-]cc1.[Y]. The number of carbonyl (C=O) groups is 1. The van der Waals surface area contributed by atoms with Gasteiger partial charge in [-0.25, -0.2) is 4.39 Å². The maximum Gasteiger partial charge on any atom is 0.222 e. The zero-order valence-electron chi connectivity index (χ0n) is 10.6. The van der Waals surface area contributed by atoms with E-state index >= 15 is 0 Å². The van der Waals surface area contributed by atoms with Gasteiger partial charge < -0.3 is 10.4 Å². The molecule has 0 unspecified atom stereocenters. The van der Waals surface area contributed by atoms with E-state index in [0.717, 1.165) is 0 Å². The third kappa shape index (κ3) is 5.13. The molecular weight excluding hydrogens is 310 g/mol. The zero-order chi connectivity index (χ0) is 12.8. The van der Waals surface area contributed by atoms with Gasteiger partial charge in [0.1, 0.15) is 6.67 Å². The number of aliphatic hydroxyl groups excluding tert-OH is 1. The Morgan fingerprint density at radius 2 is 2.00 bits per heavy atom. The van der Waals surface area contributed by atoms with Gasteiger partial charge in [-0.05, 0) is 0 Å². The minimum absolute atomic E-state index is 0. The minimum atomic E-state index is -1.04. The van der Waals surface area contributed by atoms with Gasteiger partial charge in [0.2, 0.25) is 5.91 Å². The van der Waals surface area contributed by atoms with Crippen LogP contribution in [-0.2, 0) is 37.5 Å². The monoisotopic (exact) mass is 327 g/mol. The molecule has 0 bridgehead atoms. The second kappa shape index (κ2) is 8.73. The van der Waals surface area contributed by atoms with Crippen LogP contribution in [0, 0.1) is 12.0 Å². The number of hydrogen-bond donors (Lipinski definition) is 2. The summed E-state index contributed by atoms with van der Waals surface area (Å²) in [7, 11) is 0. The maximum atomic E-state index is 12.8. The first-order chi connectivity index (χ1) is 8.06. The molecule has 0 saturated heterocycles. The summed E-state index contributed by atoms with van der Waals surface area (Å²) in [6, 6.07) is 8.47. The molecular formula is C13H17FNO2Y-. The molecule has 0 spiro atoms. The van der Waals surface area contributed by atoms with Crippen LogP contribution in [0.2, 0.25) is 0 Å². The Bertz CT molecular complexity index is 359. The number of rotatable bonds is 5. The molecule has 2 N–H and O–H groups in total. The molecule has 18 heavy (non-hydrogen) atoms. The summed E-state index contributed by atoms with van der Waals surface area (Å²) in [4.78, 5) is 11.5. The Hall–Kier alpha value is -0.316. The van der Waals surface area contributed by atoms with Gasteiger partial charge in [-0.1, -0.05) is 13.8 Å². The molecule has 0 aromatic heterocycles. The predicted molar refractivity (Wildman–Crippen MR) is 63.0 cm³/mol. The van der Waals surface area contributed by atoms with E-state index in [1.54, 1.807) is 38.1 Å². The van der Waals surface area contributed by atoms with E-state index < -0.39 is 18.8 Å². The molecule has 3 nitrogen and oxygen atoms in total. The average Bonchev–Trinajstić information content (AvgIpc) is 2.35. The van der Waals surface area contributed by atoms with E-state index in [1.165, 1.54) is 0 Å². The van der Waals surface area contributed by atoms with E-state index in [0.29, 0.717) is 5.56 Å².